The van der Waals surface area contributed by atoms with Crippen LogP contribution in [-0.4, -0.2) is 6.54 Å². The number of hydrogen-bond acceptors (Lipinski definition) is 1. The zero-order valence-corrected chi connectivity index (χ0v) is 8.59. The lowest BCUT2D eigenvalue weighted by atomic mass is 10.0. The van der Waals surface area contributed by atoms with Crippen molar-refractivity contribution in [3.8, 4) is 0 Å². The van der Waals surface area contributed by atoms with Gasteiger partial charge in [-0.1, -0.05) is 24.3 Å². The van der Waals surface area contributed by atoms with Crippen LogP contribution in [0.2, 0.25) is 0 Å². The van der Waals surface area contributed by atoms with E-state index in [0.717, 1.165) is 0 Å². The molecule has 0 saturated carbocycles. The minimum atomic E-state index is 0.610. The third-order valence-electron chi connectivity index (χ3n) is 2.39. The molecule has 1 nitrogen and oxygen atoms in total. The highest BCUT2D eigenvalue weighted by atomic mass is 14.5. The summed E-state index contributed by atoms with van der Waals surface area (Å²) in [5.74, 6) is 0. The Morgan fingerprint density at radius 3 is 2.54 bits per heavy atom. The molecule has 0 aliphatic heterocycles. The molecule has 2 N–H and O–H groups in total. The van der Waals surface area contributed by atoms with Gasteiger partial charge in [-0.15, -0.1) is 0 Å². The average molecular weight is 175 g/mol. The molecule has 0 spiro atoms. The van der Waals surface area contributed by atoms with Crippen LogP contribution in [0.25, 0.3) is 5.57 Å². The highest BCUT2D eigenvalue weighted by molar-refractivity contribution is 5.64. The van der Waals surface area contributed by atoms with Crippen molar-refractivity contribution in [2.75, 3.05) is 6.54 Å². The van der Waals surface area contributed by atoms with Gasteiger partial charge in [0.1, 0.15) is 0 Å². The van der Waals surface area contributed by atoms with Gasteiger partial charge >= 0.3 is 0 Å². The van der Waals surface area contributed by atoms with Crippen LogP contribution >= 0.6 is 0 Å². The minimum absolute atomic E-state index is 0.610. The maximum atomic E-state index is 5.46. The van der Waals surface area contributed by atoms with Crippen LogP contribution < -0.4 is 5.73 Å². The molecule has 0 atom stereocenters. The standard InChI is InChI=1S/C12H17N/c1-9-4-5-12(8-11(9)3)10(2)6-7-13/h4-6,8H,7,13H2,1-3H3. The van der Waals surface area contributed by atoms with Gasteiger partial charge in [0.2, 0.25) is 0 Å². The van der Waals surface area contributed by atoms with Crippen molar-refractivity contribution in [3.63, 3.8) is 0 Å². The van der Waals surface area contributed by atoms with E-state index in [4.69, 9.17) is 5.73 Å². The Kier molecular flexibility index (Phi) is 3.26. The fourth-order valence-electron chi connectivity index (χ4n) is 1.28. The molecule has 0 heterocycles. The second-order valence-electron chi connectivity index (χ2n) is 3.42. The second kappa shape index (κ2) is 4.24. The third kappa shape index (κ3) is 2.43. The molecular weight excluding hydrogens is 158 g/mol. The molecule has 0 bridgehead atoms. The van der Waals surface area contributed by atoms with Gasteiger partial charge in [-0.3, -0.25) is 0 Å². The van der Waals surface area contributed by atoms with Crippen molar-refractivity contribution >= 4 is 5.57 Å². The number of nitrogens with two attached hydrogens (primary N) is 1. The van der Waals surface area contributed by atoms with Crippen LogP contribution in [0, 0.1) is 13.8 Å². The zero-order chi connectivity index (χ0) is 9.84. The Bertz CT molecular complexity index is 324. The summed E-state index contributed by atoms with van der Waals surface area (Å²) < 4.78 is 0. The van der Waals surface area contributed by atoms with Gasteiger partial charge in [0.25, 0.3) is 0 Å². The van der Waals surface area contributed by atoms with Gasteiger partial charge < -0.3 is 5.73 Å². The second-order valence-corrected chi connectivity index (χ2v) is 3.42. The summed E-state index contributed by atoms with van der Waals surface area (Å²) in [6.07, 6.45) is 2.05. The highest BCUT2D eigenvalue weighted by Gasteiger charge is 1.97. The van der Waals surface area contributed by atoms with Crippen LogP contribution in [0.4, 0.5) is 0 Å². The topological polar surface area (TPSA) is 26.0 Å². The van der Waals surface area contributed by atoms with E-state index in [2.05, 4.69) is 39.0 Å². The van der Waals surface area contributed by atoms with Crippen molar-refractivity contribution in [2.24, 2.45) is 5.73 Å². The monoisotopic (exact) mass is 175 g/mol. The number of allylic oxidation sites excluding steroid dienone is 1. The van der Waals surface area contributed by atoms with E-state index in [1.807, 2.05) is 6.08 Å². The Hall–Kier alpha value is -1.08. The molecule has 0 aromatic heterocycles. The van der Waals surface area contributed by atoms with Crippen molar-refractivity contribution in [3.05, 3.63) is 41.0 Å². The van der Waals surface area contributed by atoms with Gasteiger partial charge in [0, 0.05) is 6.54 Å². The van der Waals surface area contributed by atoms with E-state index in [1.165, 1.54) is 22.3 Å². The molecule has 1 rings (SSSR count). The summed E-state index contributed by atoms with van der Waals surface area (Å²) in [7, 11) is 0. The molecule has 0 fully saturated rings. The number of benzene rings is 1. The molecule has 0 aliphatic rings. The fraction of sp³-hybridized carbons (Fsp3) is 0.333. The van der Waals surface area contributed by atoms with E-state index in [1.54, 1.807) is 0 Å². The largest absolute Gasteiger partial charge is 0.327 e. The molecule has 0 radical (unpaired) electrons. The van der Waals surface area contributed by atoms with Crippen LogP contribution in [-0.2, 0) is 0 Å². The number of hydrogen-bond donors (Lipinski definition) is 1. The minimum Gasteiger partial charge on any atom is -0.327 e. The van der Waals surface area contributed by atoms with E-state index in [9.17, 15) is 0 Å². The summed E-state index contributed by atoms with van der Waals surface area (Å²) in [5.41, 5.74) is 10.7. The van der Waals surface area contributed by atoms with Gasteiger partial charge in [-0.2, -0.15) is 0 Å². The van der Waals surface area contributed by atoms with E-state index >= 15 is 0 Å². The Morgan fingerprint density at radius 1 is 1.31 bits per heavy atom. The van der Waals surface area contributed by atoms with Crippen molar-refractivity contribution in [1.82, 2.24) is 0 Å². The van der Waals surface area contributed by atoms with Crippen LogP contribution in [0.15, 0.2) is 24.3 Å². The molecule has 0 aliphatic carbocycles. The first kappa shape index (κ1) is 10.0. The van der Waals surface area contributed by atoms with Crippen molar-refractivity contribution < 1.29 is 0 Å². The molecule has 1 heteroatoms. The normalized spacial score (nSPS) is 11.8. The Labute approximate surface area is 80.3 Å². The van der Waals surface area contributed by atoms with Gasteiger partial charge in [-0.05, 0) is 43.0 Å². The molecular formula is C12H17N. The Morgan fingerprint density at radius 2 is 2.00 bits per heavy atom. The highest BCUT2D eigenvalue weighted by Crippen LogP contribution is 2.16. The lowest BCUT2D eigenvalue weighted by Gasteiger charge is -2.05. The maximum Gasteiger partial charge on any atom is 0.0112 e. The quantitative estimate of drug-likeness (QED) is 0.734. The molecule has 0 amide bonds. The van der Waals surface area contributed by atoms with E-state index in [0.29, 0.717) is 6.54 Å². The first-order valence-corrected chi connectivity index (χ1v) is 4.59. The third-order valence-corrected chi connectivity index (χ3v) is 2.39. The molecule has 0 saturated heterocycles. The molecule has 1 aromatic rings. The summed E-state index contributed by atoms with van der Waals surface area (Å²) in [4.78, 5) is 0. The smallest absolute Gasteiger partial charge is 0.0112 e. The maximum absolute atomic E-state index is 5.46. The number of aryl methyl sites for hydroxylation is 2. The predicted molar refractivity (Wildman–Crippen MR) is 58.6 cm³/mol. The molecule has 0 unspecified atom stereocenters. The Balaban J connectivity index is 3.04. The predicted octanol–water partition coefficient (Wildman–Crippen LogP) is 2.67. The lowest BCUT2D eigenvalue weighted by Crippen LogP contribution is -1.94. The SMILES string of the molecule is CC(=CCN)c1ccc(C)c(C)c1. The van der Waals surface area contributed by atoms with E-state index in [-0.39, 0.29) is 0 Å². The van der Waals surface area contributed by atoms with Crippen molar-refractivity contribution in [2.45, 2.75) is 20.8 Å². The van der Waals surface area contributed by atoms with Crippen LogP contribution in [0.5, 0.6) is 0 Å². The van der Waals surface area contributed by atoms with Crippen molar-refractivity contribution in [1.29, 1.82) is 0 Å². The summed E-state index contributed by atoms with van der Waals surface area (Å²) >= 11 is 0. The average Bonchev–Trinajstić information content (AvgIpc) is 2.10. The van der Waals surface area contributed by atoms with Gasteiger partial charge in [0.05, 0.1) is 0 Å². The van der Waals surface area contributed by atoms with E-state index < -0.39 is 0 Å². The first-order chi connectivity index (χ1) is 6.15. The fourth-order valence-corrected chi connectivity index (χ4v) is 1.28. The van der Waals surface area contributed by atoms with Crippen LogP contribution in [0.3, 0.4) is 0 Å². The summed E-state index contributed by atoms with van der Waals surface area (Å²) in [6, 6.07) is 6.50. The molecule has 13 heavy (non-hydrogen) atoms. The van der Waals surface area contributed by atoms with Gasteiger partial charge in [0.15, 0.2) is 0 Å². The molecule has 1 aromatic carbocycles. The lowest BCUT2D eigenvalue weighted by molar-refractivity contribution is 1.25. The molecule has 70 valence electrons. The zero-order valence-electron chi connectivity index (χ0n) is 8.59. The summed E-state index contributed by atoms with van der Waals surface area (Å²) in [6.45, 7) is 6.96. The van der Waals surface area contributed by atoms with Crippen LogP contribution in [0.1, 0.15) is 23.6 Å². The first-order valence-electron chi connectivity index (χ1n) is 4.59. The number of rotatable bonds is 2. The van der Waals surface area contributed by atoms with Gasteiger partial charge in [-0.25, -0.2) is 0 Å². The summed E-state index contributed by atoms with van der Waals surface area (Å²) in [5, 5.41) is 0.